The molecule has 4 heteroatoms. The molecule has 0 unspecified atom stereocenters. The first-order chi connectivity index (χ1) is 7.81. The Kier molecular flexibility index (Phi) is 2.91. The molecule has 3 nitrogen and oxygen atoms in total. The Hall–Kier alpha value is -2.23. The summed E-state index contributed by atoms with van der Waals surface area (Å²) in [6.07, 6.45) is 1.60. The summed E-state index contributed by atoms with van der Waals surface area (Å²) < 4.78 is 12.7. The summed E-state index contributed by atoms with van der Waals surface area (Å²) in [5, 5.41) is 12.1. The van der Waals surface area contributed by atoms with E-state index in [0.29, 0.717) is 17.0 Å². The van der Waals surface area contributed by atoms with Crippen LogP contribution < -0.4 is 0 Å². The standard InChI is InChI=1S/C12H9FN2O/c13-10-6-4-9(5-7-10)12(15-16)11-3-1-2-8-14-11/h1-8,16H/b15-12-. The second kappa shape index (κ2) is 4.53. The van der Waals surface area contributed by atoms with Crippen LogP contribution >= 0.6 is 0 Å². The van der Waals surface area contributed by atoms with Crippen molar-refractivity contribution in [2.45, 2.75) is 0 Å². The number of benzene rings is 1. The van der Waals surface area contributed by atoms with Crippen LogP contribution in [0.3, 0.4) is 0 Å². The average molecular weight is 216 g/mol. The second-order valence-corrected chi connectivity index (χ2v) is 3.17. The monoisotopic (exact) mass is 216 g/mol. The molecule has 0 fully saturated rings. The van der Waals surface area contributed by atoms with Gasteiger partial charge in [-0.2, -0.15) is 0 Å². The zero-order valence-electron chi connectivity index (χ0n) is 8.34. The van der Waals surface area contributed by atoms with Crippen molar-refractivity contribution in [1.29, 1.82) is 0 Å². The van der Waals surface area contributed by atoms with Crippen molar-refractivity contribution in [3.05, 3.63) is 65.7 Å². The van der Waals surface area contributed by atoms with Crippen molar-refractivity contribution in [1.82, 2.24) is 4.98 Å². The van der Waals surface area contributed by atoms with Crippen LogP contribution in [0.1, 0.15) is 11.3 Å². The Bertz CT molecular complexity index is 494. The lowest BCUT2D eigenvalue weighted by Crippen LogP contribution is -2.05. The fraction of sp³-hybridized carbons (Fsp3) is 0. The number of pyridine rings is 1. The number of halogens is 1. The van der Waals surface area contributed by atoms with Gasteiger partial charge in [0.05, 0.1) is 5.69 Å². The molecule has 2 aromatic rings. The zero-order chi connectivity index (χ0) is 11.4. The van der Waals surface area contributed by atoms with Crippen LogP contribution in [-0.2, 0) is 0 Å². The van der Waals surface area contributed by atoms with E-state index in [1.807, 2.05) is 0 Å². The lowest BCUT2D eigenvalue weighted by atomic mass is 10.1. The molecule has 0 radical (unpaired) electrons. The number of oxime groups is 1. The molecule has 1 heterocycles. The first-order valence-electron chi connectivity index (χ1n) is 4.70. The van der Waals surface area contributed by atoms with Crippen LogP contribution in [0.2, 0.25) is 0 Å². The Balaban J connectivity index is 2.42. The number of hydrogen-bond donors (Lipinski definition) is 1. The van der Waals surface area contributed by atoms with Crippen molar-refractivity contribution in [3.63, 3.8) is 0 Å². The van der Waals surface area contributed by atoms with Gasteiger partial charge >= 0.3 is 0 Å². The van der Waals surface area contributed by atoms with Crippen molar-refractivity contribution >= 4 is 5.71 Å². The van der Waals surface area contributed by atoms with E-state index in [1.54, 1.807) is 36.5 Å². The molecule has 1 aromatic heterocycles. The molecule has 1 aromatic carbocycles. The van der Waals surface area contributed by atoms with E-state index in [2.05, 4.69) is 10.1 Å². The molecule has 16 heavy (non-hydrogen) atoms. The van der Waals surface area contributed by atoms with Gasteiger partial charge in [0.1, 0.15) is 11.5 Å². The highest BCUT2D eigenvalue weighted by Crippen LogP contribution is 2.09. The summed E-state index contributed by atoms with van der Waals surface area (Å²) in [4.78, 5) is 4.06. The average Bonchev–Trinajstić information content (AvgIpc) is 2.34. The molecule has 1 N–H and O–H groups in total. The molecule has 80 valence electrons. The third-order valence-corrected chi connectivity index (χ3v) is 2.13. The Morgan fingerprint density at radius 2 is 1.88 bits per heavy atom. The van der Waals surface area contributed by atoms with Crippen LogP contribution in [0.4, 0.5) is 4.39 Å². The number of aromatic nitrogens is 1. The predicted octanol–water partition coefficient (Wildman–Crippen LogP) is 2.45. The molecule has 0 aliphatic heterocycles. The smallest absolute Gasteiger partial charge is 0.135 e. The van der Waals surface area contributed by atoms with Gasteiger partial charge in [-0.25, -0.2) is 4.39 Å². The van der Waals surface area contributed by atoms with E-state index in [9.17, 15) is 4.39 Å². The molecule has 0 atom stereocenters. The molecule has 0 aliphatic carbocycles. The van der Waals surface area contributed by atoms with E-state index < -0.39 is 0 Å². The molecule has 2 rings (SSSR count). The van der Waals surface area contributed by atoms with Crippen molar-refractivity contribution in [2.24, 2.45) is 5.16 Å². The minimum Gasteiger partial charge on any atom is -0.410 e. The largest absolute Gasteiger partial charge is 0.410 e. The maximum atomic E-state index is 12.7. The minimum atomic E-state index is -0.331. The van der Waals surface area contributed by atoms with Gasteiger partial charge in [-0.3, -0.25) is 4.98 Å². The highest BCUT2D eigenvalue weighted by Gasteiger charge is 2.08. The van der Waals surface area contributed by atoms with Crippen LogP contribution in [0, 0.1) is 5.82 Å². The molecule has 0 bridgehead atoms. The van der Waals surface area contributed by atoms with Crippen LogP contribution in [0.5, 0.6) is 0 Å². The van der Waals surface area contributed by atoms with E-state index in [-0.39, 0.29) is 5.82 Å². The van der Waals surface area contributed by atoms with Gasteiger partial charge in [0.25, 0.3) is 0 Å². The third kappa shape index (κ3) is 2.06. The first kappa shape index (κ1) is 10.3. The quantitative estimate of drug-likeness (QED) is 0.476. The highest BCUT2D eigenvalue weighted by atomic mass is 19.1. The fourth-order valence-electron chi connectivity index (χ4n) is 1.37. The maximum absolute atomic E-state index is 12.7. The summed E-state index contributed by atoms with van der Waals surface area (Å²) in [5.74, 6) is -0.331. The minimum absolute atomic E-state index is 0.320. The third-order valence-electron chi connectivity index (χ3n) is 2.13. The molecule has 0 spiro atoms. The number of hydrogen-bond acceptors (Lipinski definition) is 3. The summed E-state index contributed by atoms with van der Waals surface area (Å²) >= 11 is 0. The van der Waals surface area contributed by atoms with E-state index in [1.165, 1.54) is 12.1 Å². The zero-order valence-corrected chi connectivity index (χ0v) is 8.34. The number of rotatable bonds is 2. The van der Waals surface area contributed by atoms with Crippen molar-refractivity contribution in [2.75, 3.05) is 0 Å². The lowest BCUT2D eigenvalue weighted by Gasteiger charge is -2.03. The second-order valence-electron chi connectivity index (χ2n) is 3.17. The Morgan fingerprint density at radius 1 is 1.12 bits per heavy atom. The fourth-order valence-corrected chi connectivity index (χ4v) is 1.37. The van der Waals surface area contributed by atoms with Gasteiger partial charge in [-0.15, -0.1) is 0 Å². The molecule has 0 saturated carbocycles. The topological polar surface area (TPSA) is 45.5 Å². The predicted molar refractivity (Wildman–Crippen MR) is 58.1 cm³/mol. The van der Waals surface area contributed by atoms with Gasteiger partial charge in [0.15, 0.2) is 0 Å². The van der Waals surface area contributed by atoms with E-state index >= 15 is 0 Å². The normalized spacial score (nSPS) is 11.4. The van der Waals surface area contributed by atoms with Crippen LogP contribution in [0.15, 0.2) is 53.8 Å². The van der Waals surface area contributed by atoms with Gasteiger partial charge in [-0.1, -0.05) is 11.2 Å². The molecule has 0 amide bonds. The maximum Gasteiger partial charge on any atom is 0.135 e. The van der Waals surface area contributed by atoms with Crippen molar-refractivity contribution < 1.29 is 9.60 Å². The van der Waals surface area contributed by atoms with Gasteiger partial charge in [0.2, 0.25) is 0 Å². The van der Waals surface area contributed by atoms with Gasteiger partial charge in [-0.05, 0) is 36.4 Å². The molecule has 0 aliphatic rings. The summed E-state index contributed by atoms with van der Waals surface area (Å²) in [6.45, 7) is 0. The summed E-state index contributed by atoms with van der Waals surface area (Å²) in [5.41, 5.74) is 1.47. The first-order valence-corrected chi connectivity index (χ1v) is 4.70. The summed E-state index contributed by atoms with van der Waals surface area (Å²) in [7, 11) is 0. The van der Waals surface area contributed by atoms with Crippen LogP contribution in [0.25, 0.3) is 0 Å². The van der Waals surface area contributed by atoms with Gasteiger partial charge < -0.3 is 5.21 Å². The molecule has 0 saturated heterocycles. The van der Waals surface area contributed by atoms with E-state index in [4.69, 9.17) is 5.21 Å². The SMILES string of the molecule is O/N=C(/c1ccc(F)cc1)c1ccccn1. The lowest BCUT2D eigenvalue weighted by molar-refractivity contribution is 0.319. The van der Waals surface area contributed by atoms with Crippen molar-refractivity contribution in [3.8, 4) is 0 Å². The number of nitrogens with zero attached hydrogens (tertiary/aromatic N) is 2. The van der Waals surface area contributed by atoms with Crippen LogP contribution in [-0.4, -0.2) is 15.9 Å². The Morgan fingerprint density at radius 3 is 2.44 bits per heavy atom. The van der Waals surface area contributed by atoms with E-state index in [0.717, 1.165) is 0 Å². The Labute approximate surface area is 91.9 Å². The molecular weight excluding hydrogens is 207 g/mol. The van der Waals surface area contributed by atoms with Gasteiger partial charge in [0, 0.05) is 11.8 Å². The molecular formula is C12H9FN2O. The summed E-state index contributed by atoms with van der Waals surface area (Å²) in [6, 6.07) is 11.0. The highest BCUT2D eigenvalue weighted by molar-refractivity contribution is 6.11.